The average Bonchev–Trinajstić information content (AvgIpc) is 3.49. The van der Waals surface area contributed by atoms with Gasteiger partial charge in [-0.3, -0.25) is 4.79 Å². The molecular weight excluding hydrogens is 456 g/mol. The number of amides is 1. The summed E-state index contributed by atoms with van der Waals surface area (Å²) >= 11 is 1.73. The minimum atomic E-state index is -0.203. The van der Waals surface area contributed by atoms with Crippen LogP contribution in [-0.4, -0.2) is 30.5 Å². The number of benzene rings is 1. The molecule has 0 aliphatic carbocycles. The Morgan fingerprint density at radius 1 is 1.06 bits per heavy atom. The summed E-state index contributed by atoms with van der Waals surface area (Å²) in [6.07, 6.45) is 1.74. The van der Waals surface area contributed by atoms with Crippen molar-refractivity contribution in [2.45, 2.75) is 47.6 Å². The van der Waals surface area contributed by atoms with Gasteiger partial charge in [0.15, 0.2) is 5.65 Å². The number of pyridine rings is 1. The molecule has 178 valence electrons. The second-order valence-corrected chi connectivity index (χ2v) is 10.5. The fraction of sp³-hybridized carbons (Fsp3) is 0.259. The largest absolute Gasteiger partial charge is 0.319 e. The molecule has 1 aromatic carbocycles. The van der Waals surface area contributed by atoms with Crippen molar-refractivity contribution in [1.82, 2.24) is 24.5 Å². The number of para-hydroxylation sites is 1. The molecule has 0 bridgehead atoms. The second kappa shape index (κ2) is 8.78. The highest BCUT2D eigenvalue weighted by Gasteiger charge is 2.22. The van der Waals surface area contributed by atoms with Gasteiger partial charge < -0.3 is 5.32 Å². The van der Waals surface area contributed by atoms with E-state index in [1.54, 1.807) is 17.5 Å². The lowest BCUT2D eigenvalue weighted by Crippen LogP contribution is -2.14. The Bertz CT molecular complexity index is 1560. The molecule has 0 aliphatic rings. The molecule has 0 spiro atoms. The number of carbonyl (C=O) groups is 1. The van der Waals surface area contributed by atoms with Crippen molar-refractivity contribution in [3.05, 3.63) is 75.4 Å². The van der Waals surface area contributed by atoms with Crippen LogP contribution in [0.3, 0.4) is 0 Å². The molecule has 0 atom stereocenters. The first-order valence-electron chi connectivity index (χ1n) is 11.6. The molecule has 0 aliphatic heterocycles. The number of aryl methyl sites for hydroxylation is 3. The zero-order valence-electron chi connectivity index (χ0n) is 20.7. The van der Waals surface area contributed by atoms with Gasteiger partial charge in [0.25, 0.3) is 5.91 Å². The number of aromatic nitrogens is 5. The van der Waals surface area contributed by atoms with E-state index < -0.39 is 0 Å². The highest BCUT2D eigenvalue weighted by atomic mass is 32.1. The molecule has 4 heterocycles. The van der Waals surface area contributed by atoms with Crippen LogP contribution in [0.2, 0.25) is 0 Å². The summed E-state index contributed by atoms with van der Waals surface area (Å²) in [5.41, 5.74) is 6.37. The van der Waals surface area contributed by atoms with Gasteiger partial charge in [0.2, 0.25) is 0 Å². The third-order valence-electron chi connectivity index (χ3n) is 6.15. The Morgan fingerprint density at radius 3 is 2.46 bits per heavy atom. The number of carbonyl (C=O) groups excluding carboxylic acids is 1. The number of nitrogens with one attached hydrogen (secondary N) is 1. The van der Waals surface area contributed by atoms with Crippen molar-refractivity contribution < 1.29 is 4.79 Å². The predicted molar refractivity (Wildman–Crippen MR) is 142 cm³/mol. The summed E-state index contributed by atoms with van der Waals surface area (Å²) in [5.74, 6) is -0.203. The van der Waals surface area contributed by atoms with Gasteiger partial charge in [-0.15, -0.1) is 11.3 Å². The van der Waals surface area contributed by atoms with Gasteiger partial charge in [-0.1, -0.05) is 18.2 Å². The summed E-state index contributed by atoms with van der Waals surface area (Å²) in [6, 6.07) is 14.0. The molecule has 0 saturated carbocycles. The smallest absolute Gasteiger partial charge is 0.256 e. The van der Waals surface area contributed by atoms with Crippen LogP contribution in [0, 0.1) is 27.7 Å². The first-order chi connectivity index (χ1) is 16.7. The maximum atomic E-state index is 13.7. The summed E-state index contributed by atoms with van der Waals surface area (Å²) in [6.45, 7) is 12.2. The van der Waals surface area contributed by atoms with E-state index in [0.717, 1.165) is 33.7 Å². The summed E-state index contributed by atoms with van der Waals surface area (Å²) < 4.78 is 3.72. The molecule has 7 nitrogen and oxygen atoms in total. The number of fused-ring (bicyclic) bond motifs is 1. The number of nitrogens with zero attached hydrogens (tertiary/aromatic N) is 5. The maximum Gasteiger partial charge on any atom is 0.256 e. The number of hydrogen-bond acceptors (Lipinski definition) is 5. The maximum absolute atomic E-state index is 13.7. The molecule has 0 radical (unpaired) electrons. The van der Waals surface area contributed by atoms with Crippen molar-refractivity contribution in [2.24, 2.45) is 0 Å². The van der Waals surface area contributed by atoms with Crippen LogP contribution >= 0.6 is 11.3 Å². The molecule has 5 rings (SSSR count). The Hall–Kier alpha value is -3.78. The van der Waals surface area contributed by atoms with Crippen LogP contribution in [0.1, 0.15) is 51.4 Å². The highest BCUT2D eigenvalue weighted by Crippen LogP contribution is 2.33. The summed E-state index contributed by atoms with van der Waals surface area (Å²) in [7, 11) is 0. The van der Waals surface area contributed by atoms with Crippen molar-refractivity contribution in [3.8, 4) is 16.9 Å². The third kappa shape index (κ3) is 4.04. The van der Waals surface area contributed by atoms with E-state index in [1.165, 1.54) is 9.75 Å². The van der Waals surface area contributed by atoms with Crippen LogP contribution in [-0.2, 0) is 0 Å². The van der Waals surface area contributed by atoms with Gasteiger partial charge in [-0.05, 0) is 65.8 Å². The fourth-order valence-corrected chi connectivity index (χ4v) is 5.37. The van der Waals surface area contributed by atoms with Crippen LogP contribution in [0.4, 0.5) is 5.69 Å². The van der Waals surface area contributed by atoms with Crippen molar-refractivity contribution in [3.63, 3.8) is 0 Å². The zero-order valence-corrected chi connectivity index (χ0v) is 21.6. The minimum absolute atomic E-state index is 0.116. The van der Waals surface area contributed by atoms with Gasteiger partial charge in [0.05, 0.1) is 45.6 Å². The monoisotopic (exact) mass is 484 g/mol. The Kier molecular flexibility index (Phi) is 5.76. The molecular formula is C27H28N6OS. The van der Waals surface area contributed by atoms with Gasteiger partial charge in [0, 0.05) is 21.4 Å². The van der Waals surface area contributed by atoms with E-state index in [-0.39, 0.29) is 11.9 Å². The lowest BCUT2D eigenvalue weighted by atomic mass is 10.1. The lowest BCUT2D eigenvalue weighted by Gasteiger charge is -2.11. The van der Waals surface area contributed by atoms with E-state index in [4.69, 9.17) is 4.98 Å². The van der Waals surface area contributed by atoms with Crippen molar-refractivity contribution in [2.75, 3.05) is 5.32 Å². The molecule has 1 amide bonds. The first-order valence-corrected chi connectivity index (χ1v) is 12.4. The summed E-state index contributed by atoms with van der Waals surface area (Å²) in [5, 5.41) is 13.1. The van der Waals surface area contributed by atoms with E-state index >= 15 is 0 Å². The van der Waals surface area contributed by atoms with E-state index in [2.05, 4.69) is 49.3 Å². The lowest BCUT2D eigenvalue weighted by molar-refractivity contribution is 0.102. The second-order valence-electron chi connectivity index (χ2n) is 9.05. The van der Waals surface area contributed by atoms with Crippen LogP contribution < -0.4 is 5.32 Å². The standard InChI is InChI=1S/C27H28N6OS/c1-15(2)32-26-23(14-28-32)22(13-24(29-26)21-12-16(3)35-19(21)6)27(34)30-25-17(4)31-33(18(25)5)20-10-8-7-9-11-20/h7-15H,1-6H3,(H,30,34). The van der Waals surface area contributed by atoms with Crippen molar-refractivity contribution >= 4 is 34.0 Å². The molecule has 0 fully saturated rings. The van der Waals surface area contributed by atoms with Crippen molar-refractivity contribution in [1.29, 1.82) is 0 Å². The Morgan fingerprint density at radius 2 is 1.80 bits per heavy atom. The van der Waals surface area contributed by atoms with Gasteiger partial charge >= 0.3 is 0 Å². The van der Waals surface area contributed by atoms with Crippen LogP contribution in [0.5, 0.6) is 0 Å². The normalized spacial score (nSPS) is 11.5. The molecule has 5 aromatic rings. The van der Waals surface area contributed by atoms with E-state index in [1.807, 2.05) is 59.6 Å². The average molecular weight is 485 g/mol. The fourth-order valence-electron chi connectivity index (χ4n) is 4.43. The predicted octanol–water partition coefficient (Wildman–Crippen LogP) is 6.41. The Balaban J connectivity index is 1.61. The number of thiophene rings is 1. The number of rotatable bonds is 5. The van der Waals surface area contributed by atoms with Crippen LogP contribution in [0.15, 0.2) is 48.7 Å². The highest BCUT2D eigenvalue weighted by molar-refractivity contribution is 7.12. The molecule has 0 saturated heterocycles. The minimum Gasteiger partial charge on any atom is -0.319 e. The molecule has 4 aromatic heterocycles. The number of hydrogen-bond donors (Lipinski definition) is 1. The van der Waals surface area contributed by atoms with Crippen LogP contribution in [0.25, 0.3) is 28.0 Å². The van der Waals surface area contributed by atoms with E-state index in [9.17, 15) is 4.79 Å². The number of anilines is 1. The quantitative estimate of drug-likeness (QED) is 0.313. The first kappa shape index (κ1) is 23.0. The Labute approximate surface area is 208 Å². The summed E-state index contributed by atoms with van der Waals surface area (Å²) in [4.78, 5) is 21.0. The van der Waals surface area contributed by atoms with Gasteiger partial charge in [-0.25, -0.2) is 14.3 Å². The SMILES string of the molecule is Cc1cc(-c2cc(C(=O)Nc3c(C)nn(-c4ccccc4)c3C)c3cnn(C(C)C)c3n2)c(C)s1. The van der Waals surface area contributed by atoms with Gasteiger partial charge in [-0.2, -0.15) is 10.2 Å². The molecule has 35 heavy (non-hydrogen) atoms. The van der Waals surface area contributed by atoms with Gasteiger partial charge in [0.1, 0.15) is 0 Å². The van der Waals surface area contributed by atoms with E-state index in [0.29, 0.717) is 16.9 Å². The molecule has 8 heteroatoms. The third-order valence-corrected chi connectivity index (χ3v) is 7.11. The molecule has 1 N–H and O–H groups in total. The topological polar surface area (TPSA) is 77.6 Å². The zero-order chi connectivity index (χ0) is 24.9. The molecule has 0 unspecified atom stereocenters.